The Kier molecular flexibility index (Phi) is 2.67. The van der Waals surface area contributed by atoms with Gasteiger partial charge in [-0.2, -0.15) is 9.97 Å². The summed E-state index contributed by atoms with van der Waals surface area (Å²) in [7, 11) is 1.54. The van der Waals surface area contributed by atoms with Gasteiger partial charge in [-0.3, -0.25) is 0 Å². The predicted octanol–water partition coefficient (Wildman–Crippen LogP) is 2.43. The molecule has 3 rings (SSSR count). The smallest absolute Gasteiger partial charge is 0.295 e. The summed E-state index contributed by atoms with van der Waals surface area (Å²) in [5.41, 5.74) is 7.64. The molecule has 3 heterocycles. The highest BCUT2D eigenvalue weighted by atomic mass is 79.9. The molecule has 0 aliphatic carbocycles. The third-order valence-electron chi connectivity index (χ3n) is 2.34. The molecule has 0 amide bonds. The molecule has 0 aromatic carbocycles. The normalized spacial score (nSPS) is 11.0. The molecular weight excluding hydrogens is 318 g/mol. The SMILES string of the molecule is COc1nc2nc(N)nc(-c3cc(Br)cs3)c2[nH]1. The molecule has 0 atom stereocenters. The summed E-state index contributed by atoms with van der Waals surface area (Å²) in [5, 5.41) is 1.98. The van der Waals surface area contributed by atoms with Crippen molar-refractivity contribution >= 4 is 44.4 Å². The summed E-state index contributed by atoms with van der Waals surface area (Å²) < 4.78 is 6.05. The number of ether oxygens (including phenoxy) is 1. The van der Waals surface area contributed by atoms with Crippen molar-refractivity contribution in [1.82, 2.24) is 19.9 Å². The van der Waals surface area contributed by atoms with E-state index in [0.29, 0.717) is 11.7 Å². The molecule has 3 N–H and O–H groups in total. The van der Waals surface area contributed by atoms with Gasteiger partial charge in [0.1, 0.15) is 11.2 Å². The fraction of sp³-hybridized carbons (Fsp3) is 0.100. The van der Waals surface area contributed by atoms with Crippen LogP contribution in [0.2, 0.25) is 0 Å². The summed E-state index contributed by atoms with van der Waals surface area (Å²) in [6, 6.07) is 2.36. The molecule has 0 bridgehead atoms. The Labute approximate surface area is 114 Å². The van der Waals surface area contributed by atoms with Crippen molar-refractivity contribution in [3.05, 3.63) is 15.9 Å². The van der Waals surface area contributed by atoms with Gasteiger partial charge in [-0.1, -0.05) is 0 Å². The number of thiophene rings is 1. The van der Waals surface area contributed by atoms with Crippen molar-refractivity contribution in [2.75, 3.05) is 12.8 Å². The second-order valence-electron chi connectivity index (χ2n) is 3.50. The van der Waals surface area contributed by atoms with E-state index in [4.69, 9.17) is 10.5 Å². The van der Waals surface area contributed by atoms with E-state index in [1.54, 1.807) is 11.3 Å². The number of anilines is 1. The van der Waals surface area contributed by atoms with Gasteiger partial charge in [-0.25, -0.2) is 4.98 Å². The Morgan fingerprint density at radius 2 is 2.22 bits per heavy atom. The Balaban J connectivity index is 2.29. The van der Waals surface area contributed by atoms with Crippen molar-refractivity contribution < 1.29 is 4.74 Å². The number of nitrogens with two attached hydrogens (primary N) is 1. The Morgan fingerprint density at radius 1 is 1.39 bits per heavy atom. The lowest BCUT2D eigenvalue weighted by molar-refractivity contribution is 0.386. The topological polar surface area (TPSA) is 89.7 Å². The number of methoxy groups -OCH3 is 1. The Morgan fingerprint density at radius 3 is 2.89 bits per heavy atom. The number of hydrogen-bond donors (Lipinski definition) is 2. The van der Waals surface area contributed by atoms with E-state index in [9.17, 15) is 0 Å². The molecule has 3 aromatic heterocycles. The molecular formula is C10H8BrN5OS. The lowest BCUT2D eigenvalue weighted by Crippen LogP contribution is -1.96. The van der Waals surface area contributed by atoms with E-state index in [0.717, 1.165) is 20.6 Å². The summed E-state index contributed by atoms with van der Waals surface area (Å²) in [5.74, 6) is 0.191. The summed E-state index contributed by atoms with van der Waals surface area (Å²) >= 11 is 4.98. The van der Waals surface area contributed by atoms with Gasteiger partial charge >= 0.3 is 0 Å². The van der Waals surface area contributed by atoms with Crippen molar-refractivity contribution in [2.45, 2.75) is 0 Å². The van der Waals surface area contributed by atoms with E-state index in [2.05, 4.69) is 35.9 Å². The summed E-state index contributed by atoms with van der Waals surface area (Å²) in [6.45, 7) is 0. The lowest BCUT2D eigenvalue weighted by Gasteiger charge is -1.99. The van der Waals surface area contributed by atoms with Crippen LogP contribution < -0.4 is 10.5 Å². The molecule has 0 spiro atoms. The zero-order valence-electron chi connectivity index (χ0n) is 9.27. The number of aromatic nitrogens is 4. The maximum absolute atomic E-state index is 5.70. The minimum absolute atomic E-state index is 0.191. The van der Waals surface area contributed by atoms with Crippen LogP contribution in [0.5, 0.6) is 6.01 Å². The maximum atomic E-state index is 5.70. The monoisotopic (exact) mass is 325 g/mol. The largest absolute Gasteiger partial charge is 0.468 e. The van der Waals surface area contributed by atoms with Crippen LogP contribution in [0.3, 0.4) is 0 Å². The molecule has 0 radical (unpaired) electrons. The number of rotatable bonds is 2. The van der Waals surface area contributed by atoms with Crippen molar-refractivity contribution in [2.24, 2.45) is 0 Å². The van der Waals surface area contributed by atoms with Crippen LogP contribution in [0.25, 0.3) is 21.7 Å². The molecule has 6 nitrogen and oxygen atoms in total. The third-order valence-corrected chi connectivity index (χ3v) is 4.04. The van der Waals surface area contributed by atoms with Crippen LogP contribution >= 0.6 is 27.3 Å². The van der Waals surface area contributed by atoms with Crippen LogP contribution in [0.1, 0.15) is 0 Å². The number of halogens is 1. The maximum Gasteiger partial charge on any atom is 0.295 e. The van der Waals surface area contributed by atoms with Gasteiger partial charge < -0.3 is 15.5 Å². The first kappa shape index (κ1) is 11.4. The number of nitrogens with zero attached hydrogens (tertiary/aromatic N) is 3. The molecule has 18 heavy (non-hydrogen) atoms. The van der Waals surface area contributed by atoms with Crippen LogP contribution in [0.15, 0.2) is 15.9 Å². The standard InChI is InChI=1S/C10H8BrN5OS/c1-17-10-14-7-6(5-2-4(11)3-18-5)13-9(12)15-8(7)16-10/h2-3H,1H3,(H3,12,13,14,15,16). The minimum atomic E-state index is 0.191. The van der Waals surface area contributed by atoms with Crippen molar-refractivity contribution in [1.29, 1.82) is 0 Å². The highest BCUT2D eigenvalue weighted by Gasteiger charge is 2.14. The second kappa shape index (κ2) is 4.21. The number of nitrogens with one attached hydrogen (secondary N) is 1. The molecule has 3 aromatic rings. The zero-order valence-corrected chi connectivity index (χ0v) is 11.7. The summed E-state index contributed by atoms with van der Waals surface area (Å²) in [6.07, 6.45) is 0. The number of fused-ring (bicyclic) bond motifs is 1. The average Bonchev–Trinajstić information content (AvgIpc) is 2.93. The van der Waals surface area contributed by atoms with E-state index < -0.39 is 0 Å². The fourth-order valence-corrected chi connectivity index (χ4v) is 3.03. The molecule has 0 fully saturated rings. The molecule has 0 saturated heterocycles. The number of imidazole rings is 1. The van der Waals surface area contributed by atoms with Crippen LogP contribution in [0, 0.1) is 0 Å². The third kappa shape index (κ3) is 1.83. The predicted molar refractivity (Wildman–Crippen MR) is 73.7 cm³/mol. The zero-order chi connectivity index (χ0) is 12.7. The van der Waals surface area contributed by atoms with E-state index in [1.165, 1.54) is 7.11 Å². The first-order valence-electron chi connectivity index (χ1n) is 4.99. The molecule has 0 aliphatic heterocycles. The number of aromatic amines is 1. The summed E-state index contributed by atoms with van der Waals surface area (Å²) in [4.78, 5) is 16.5. The van der Waals surface area contributed by atoms with Crippen molar-refractivity contribution in [3.63, 3.8) is 0 Å². The molecule has 0 aliphatic rings. The quantitative estimate of drug-likeness (QED) is 0.755. The highest BCUT2D eigenvalue weighted by Crippen LogP contribution is 2.33. The first-order chi connectivity index (χ1) is 8.67. The number of hydrogen-bond acceptors (Lipinski definition) is 6. The van der Waals surface area contributed by atoms with Crippen LogP contribution in [-0.4, -0.2) is 27.0 Å². The van der Waals surface area contributed by atoms with Gasteiger partial charge in [0.05, 0.1) is 12.0 Å². The van der Waals surface area contributed by atoms with E-state index in [1.807, 2.05) is 11.4 Å². The van der Waals surface area contributed by atoms with Crippen LogP contribution in [0.4, 0.5) is 5.95 Å². The lowest BCUT2D eigenvalue weighted by atomic mass is 10.3. The van der Waals surface area contributed by atoms with Gasteiger partial charge in [0, 0.05) is 9.85 Å². The fourth-order valence-electron chi connectivity index (χ4n) is 1.61. The second-order valence-corrected chi connectivity index (χ2v) is 5.33. The van der Waals surface area contributed by atoms with E-state index in [-0.39, 0.29) is 5.95 Å². The Hall–Kier alpha value is -1.67. The van der Waals surface area contributed by atoms with Crippen molar-refractivity contribution in [3.8, 4) is 16.6 Å². The van der Waals surface area contributed by atoms with Gasteiger partial charge in [-0.05, 0) is 22.0 Å². The number of nitrogen functional groups attached to an aromatic ring is 1. The highest BCUT2D eigenvalue weighted by molar-refractivity contribution is 9.10. The molecule has 0 saturated carbocycles. The van der Waals surface area contributed by atoms with Crippen LogP contribution in [-0.2, 0) is 0 Å². The van der Waals surface area contributed by atoms with Gasteiger partial charge in [0.2, 0.25) is 5.95 Å². The van der Waals surface area contributed by atoms with Gasteiger partial charge in [0.25, 0.3) is 6.01 Å². The average molecular weight is 326 g/mol. The number of H-pyrrole nitrogens is 1. The molecule has 92 valence electrons. The molecule has 0 unspecified atom stereocenters. The molecule has 8 heteroatoms. The first-order valence-corrected chi connectivity index (χ1v) is 6.66. The van der Waals surface area contributed by atoms with Gasteiger partial charge in [-0.15, -0.1) is 11.3 Å². The van der Waals surface area contributed by atoms with E-state index >= 15 is 0 Å². The Bertz CT molecular complexity index is 722. The minimum Gasteiger partial charge on any atom is -0.468 e. The van der Waals surface area contributed by atoms with Gasteiger partial charge in [0.15, 0.2) is 5.65 Å².